The number of nitrogens with zero attached hydrogens (tertiary/aromatic N) is 1. The molecule has 0 N–H and O–H groups in total. The molecular formula is C23H15NO3. The average molecular weight is 353 g/mol. The van der Waals surface area contributed by atoms with E-state index in [0.717, 1.165) is 21.9 Å². The zero-order valence-corrected chi connectivity index (χ0v) is 14.3. The van der Waals surface area contributed by atoms with Crippen LogP contribution in [0, 0.1) is 10.1 Å². The lowest BCUT2D eigenvalue weighted by atomic mass is 9.92. The number of nitro benzene ring substituents is 1. The van der Waals surface area contributed by atoms with Crippen molar-refractivity contribution in [1.82, 2.24) is 0 Å². The zero-order chi connectivity index (χ0) is 18.8. The van der Waals surface area contributed by atoms with Gasteiger partial charge in [-0.25, -0.2) is 0 Å². The Morgan fingerprint density at radius 1 is 0.741 bits per heavy atom. The lowest BCUT2D eigenvalue weighted by Crippen LogP contribution is -2.03. The van der Waals surface area contributed by atoms with Crippen LogP contribution in [0.15, 0.2) is 91.0 Å². The summed E-state index contributed by atoms with van der Waals surface area (Å²) in [7, 11) is 0. The van der Waals surface area contributed by atoms with Crippen molar-refractivity contribution in [3.63, 3.8) is 0 Å². The third kappa shape index (κ3) is 3.20. The molecule has 27 heavy (non-hydrogen) atoms. The van der Waals surface area contributed by atoms with Crippen LogP contribution in [0.4, 0.5) is 5.69 Å². The molecule has 0 aliphatic rings. The van der Waals surface area contributed by atoms with E-state index in [-0.39, 0.29) is 11.5 Å². The quantitative estimate of drug-likeness (QED) is 0.271. The minimum Gasteiger partial charge on any atom is -0.289 e. The second-order valence-electron chi connectivity index (χ2n) is 6.24. The van der Waals surface area contributed by atoms with Crippen molar-refractivity contribution in [2.24, 2.45) is 0 Å². The van der Waals surface area contributed by atoms with Gasteiger partial charge in [0.2, 0.25) is 0 Å². The van der Waals surface area contributed by atoms with Crippen molar-refractivity contribution in [3.05, 3.63) is 112 Å². The highest BCUT2D eigenvalue weighted by Crippen LogP contribution is 2.29. The summed E-state index contributed by atoms with van der Waals surface area (Å²) in [5.41, 5.74) is 2.96. The Balaban J connectivity index is 1.87. The van der Waals surface area contributed by atoms with Crippen molar-refractivity contribution >= 4 is 22.2 Å². The summed E-state index contributed by atoms with van der Waals surface area (Å²) >= 11 is 0. The Kier molecular flexibility index (Phi) is 4.22. The van der Waals surface area contributed by atoms with E-state index in [0.29, 0.717) is 11.1 Å². The smallest absolute Gasteiger partial charge is 0.269 e. The third-order valence-corrected chi connectivity index (χ3v) is 4.55. The van der Waals surface area contributed by atoms with E-state index in [1.54, 1.807) is 0 Å². The highest BCUT2D eigenvalue weighted by atomic mass is 16.6. The molecule has 4 aromatic rings. The predicted octanol–water partition coefficient (Wildman–Crippen LogP) is 5.65. The maximum absolute atomic E-state index is 13.2. The first-order valence-corrected chi connectivity index (χ1v) is 8.51. The van der Waals surface area contributed by atoms with E-state index >= 15 is 0 Å². The van der Waals surface area contributed by atoms with Crippen molar-refractivity contribution in [2.45, 2.75) is 0 Å². The number of carbonyl (C=O) groups is 1. The number of ketones is 1. The van der Waals surface area contributed by atoms with Crippen molar-refractivity contribution < 1.29 is 9.72 Å². The van der Waals surface area contributed by atoms with Gasteiger partial charge >= 0.3 is 0 Å². The summed E-state index contributed by atoms with van der Waals surface area (Å²) in [4.78, 5) is 23.5. The molecule has 0 radical (unpaired) electrons. The summed E-state index contributed by atoms with van der Waals surface area (Å²) in [5, 5.41) is 12.7. The number of rotatable bonds is 4. The minimum atomic E-state index is -0.473. The van der Waals surface area contributed by atoms with E-state index in [2.05, 4.69) is 6.07 Å². The Labute approximate surface area is 155 Å². The lowest BCUT2D eigenvalue weighted by molar-refractivity contribution is -0.384. The number of nitro groups is 1. The maximum atomic E-state index is 13.2. The first kappa shape index (κ1) is 16.7. The fourth-order valence-corrected chi connectivity index (χ4v) is 3.19. The molecule has 4 nitrogen and oxygen atoms in total. The normalized spacial score (nSPS) is 10.7. The molecule has 130 valence electrons. The summed E-state index contributed by atoms with van der Waals surface area (Å²) in [5.74, 6) is -0.154. The van der Waals surface area contributed by atoms with Gasteiger partial charge in [-0.1, -0.05) is 54.6 Å². The van der Waals surface area contributed by atoms with Crippen molar-refractivity contribution in [3.8, 4) is 11.1 Å². The van der Waals surface area contributed by atoms with Crippen LogP contribution in [0.25, 0.3) is 21.9 Å². The van der Waals surface area contributed by atoms with E-state index in [9.17, 15) is 14.9 Å². The highest BCUT2D eigenvalue weighted by molar-refractivity contribution is 6.17. The van der Waals surface area contributed by atoms with Gasteiger partial charge in [-0.2, -0.15) is 0 Å². The molecule has 0 spiro atoms. The SMILES string of the molecule is O=C(c1ccc([N+](=O)[O-])cc1)c1cc(-c2ccccc2)cc2ccccc12. The average Bonchev–Trinajstić information content (AvgIpc) is 2.73. The number of benzene rings is 4. The van der Waals surface area contributed by atoms with Gasteiger partial charge in [-0.15, -0.1) is 0 Å². The largest absolute Gasteiger partial charge is 0.289 e. The molecule has 0 saturated carbocycles. The van der Waals surface area contributed by atoms with Crippen LogP contribution in [-0.4, -0.2) is 10.7 Å². The lowest BCUT2D eigenvalue weighted by Gasteiger charge is -2.10. The maximum Gasteiger partial charge on any atom is 0.269 e. The standard InChI is InChI=1S/C23H15NO3/c25-23(17-10-12-20(13-11-17)24(26)27)22-15-19(16-6-2-1-3-7-16)14-18-8-4-5-9-21(18)22/h1-15H. The molecule has 4 rings (SSSR count). The highest BCUT2D eigenvalue weighted by Gasteiger charge is 2.16. The first-order valence-electron chi connectivity index (χ1n) is 8.51. The molecule has 4 heteroatoms. The summed E-state index contributed by atoms with van der Waals surface area (Å²) < 4.78 is 0. The number of hydrogen-bond acceptors (Lipinski definition) is 3. The van der Waals surface area contributed by atoms with Gasteiger partial charge in [-0.3, -0.25) is 14.9 Å². The molecule has 0 heterocycles. The summed E-state index contributed by atoms with van der Waals surface area (Å²) in [6.07, 6.45) is 0. The predicted molar refractivity (Wildman–Crippen MR) is 106 cm³/mol. The van der Waals surface area contributed by atoms with E-state index in [1.165, 1.54) is 24.3 Å². The van der Waals surface area contributed by atoms with E-state index in [1.807, 2.05) is 60.7 Å². The Morgan fingerprint density at radius 3 is 2.11 bits per heavy atom. The number of non-ortho nitro benzene ring substituents is 1. The molecular weight excluding hydrogens is 338 g/mol. The van der Waals surface area contributed by atoms with E-state index in [4.69, 9.17) is 0 Å². The van der Waals surface area contributed by atoms with Gasteiger partial charge in [0.05, 0.1) is 4.92 Å². The van der Waals surface area contributed by atoms with Gasteiger partial charge in [0.25, 0.3) is 5.69 Å². The van der Waals surface area contributed by atoms with Gasteiger partial charge < -0.3 is 0 Å². The van der Waals surface area contributed by atoms with Crippen LogP contribution in [0.3, 0.4) is 0 Å². The van der Waals surface area contributed by atoms with Gasteiger partial charge in [-0.05, 0) is 46.2 Å². The minimum absolute atomic E-state index is 0.0329. The first-order chi connectivity index (χ1) is 13.1. The van der Waals surface area contributed by atoms with Crippen LogP contribution >= 0.6 is 0 Å². The molecule has 0 atom stereocenters. The van der Waals surface area contributed by atoms with Crippen molar-refractivity contribution in [2.75, 3.05) is 0 Å². The molecule has 0 amide bonds. The Hall–Kier alpha value is -3.79. The van der Waals surface area contributed by atoms with Crippen LogP contribution in [-0.2, 0) is 0 Å². The Morgan fingerprint density at radius 2 is 1.41 bits per heavy atom. The monoisotopic (exact) mass is 353 g/mol. The second kappa shape index (κ2) is 6.84. The fourth-order valence-electron chi connectivity index (χ4n) is 3.19. The van der Waals surface area contributed by atoms with E-state index < -0.39 is 4.92 Å². The molecule has 0 unspecified atom stereocenters. The molecule has 4 aromatic carbocycles. The fraction of sp³-hybridized carbons (Fsp3) is 0. The third-order valence-electron chi connectivity index (χ3n) is 4.55. The van der Waals surface area contributed by atoms with Crippen LogP contribution in [0.2, 0.25) is 0 Å². The summed E-state index contributed by atoms with van der Waals surface area (Å²) in [6, 6.07) is 27.3. The van der Waals surface area contributed by atoms with Crippen LogP contribution in [0.1, 0.15) is 15.9 Å². The molecule has 0 aromatic heterocycles. The van der Waals surface area contributed by atoms with Gasteiger partial charge in [0, 0.05) is 23.3 Å². The second-order valence-corrected chi connectivity index (χ2v) is 6.24. The Bertz CT molecular complexity index is 1150. The summed E-state index contributed by atoms with van der Waals surface area (Å²) in [6.45, 7) is 0. The van der Waals surface area contributed by atoms with Gasteiger partial charge in [0.15, 0.2) is 5.78 Å². The topological polar surface area (TPSA) is 60.2 Å². The molecule has 0 fully saturated rings. The molecule has 0 aliphatic heterocycles. The number of carbonyl (C=O) groups excluding carboxylic acids is 1. The number of hydrogen-bond donors (Lipinski definition) is 0. The van der Waals surface area contributed by atoms with Crippen LogP contribution < -0.4 is 0 Å². The van der Waals surface area contributed by atoms with Crippen molar-refractivity contribution in [1.29, 1.82) is 0 Å². The molecule has 0 aliphatic carbocycles. The number of fused-ring (bicyclic) bond motifs is 1. The molecule has 0 saturated heterocycles. The molecule has 0 bridgehead atoms. The zero-order valence-electron chi connectivity index (χ0n) is 14.3. The van der Waals surface area contributed by atoms with Crippen LogP contribution in [0.5, 0.6) is 0 Å². The van der Waals surface area contributed by atoms with Gasteiger partial charge in [0.1, 0.15) is 0 Å².